The molecule has 3 N–H and O–H groups in total. The van der Waals surface area contributed by atoms with Crippen LogP contribution in [0.3, 0.4) is 0 Å². The summed E-state index contributed by atoms with van der Waals surface area (Å²) in [7, 11) is 0. The summed E-state index contributed by atoms with van der Waals surface area (Å²) in [5.41, 5.74) is 0.924. The molecule has 0 rings (SSSR count). The molecule has 0 saturated heterocycles. The van der Waals surface area contributed by atoms with E-state index in [2.05, 4.69) is 17.2 Å². The van der Waals surface area contributed by atoms with Gasteiger partial charge in [0, 0.05) is 13.1 Å². The van der Waals surface area contributed by atoms with Crippen LogP contribution in [0, 0.1) is 5.92 Å². The number of nitrogens with one attached hydrogen (secondary N) is 2. The molecule has 0 heterocycles. The van der Waals surface area contributed by atoms with Gasteiger partial charge in [-0.15, -0.1) is 0 Å². The summed E-state index contributed by atoms with van der Waals surface area (Å²) < 4.78 is 5.21. The minimum atomic E-state index is -0.882. The molecule has 110 valence electrons. The Hall–Kier alpha value is -1.56. The van der Waals surface area contributed by atoms with Crippen molar-refractivity contribution in [3.05, 3.63) is 12.2 Å². The van der Waals surface area contributed by atoms with Gasteiger partial charge in [-0.3, -0.25) is 4.79 Å². The van der Waals surface area contributed by atoms with Gasteiger partial charge in [0.25, 0.3) is 0 Å². The van der Waals surface area contributed by atoms with Crippen molar-refractivity contribution >= 4 is 12.0 Å². The van der Waals surface area contributed by atoms with Crippen molar-refractivity contribution in [1.82, 2.24) is 10.6 Å². The molecule has 0 spiro atoms. The molecule has 1 unspecified atom stereocenters. The molecule has 6 nitrogen and oxygen atoms in total. The number of hydrogen-bond donors (Lipinski definition) is 3. The van der Waals surface area contributed by atoms with Crippen LogP contribution < -0.4 is 10.6 Å². The van der Waals surface area contributed by atoms with E-state index in [0.29, 0.717) is 26.2 Å². The van der Waals surface area contributed by atoms with Crippen LogP contribution in [0.2, 0.25) is 0 Å². The minimum Gasteiger partial charge on any atom is -0.481 e. The summed E-state index contributed by atoms with van der Waals surface area (Å²) >= 11 is 0. The van der Waals surface area contributed by atoms with Crippen molar-refractivity contribution in [2.24, 2.45) is 5.92 Å². The lowest BCUT2D eigenvalue weighted by Gasteiger charge is -2.13. The lowest BCUT2D eigenvalue weighted by Crippen LogP contribution is -2.41. The summed E-state index contributed by atoms with van der Waals surface area (Å²) in [6, 6.07) is -0.374. The molecule has 0 fully saturated rings. The topological polar surface area (TPSA) is 87.7 Å². The number of aliphatic carboxylic acids is 1. The van der Waals surface area contributed by atoms with Gasteiger partial charge >= 0.3 is 12.0 Å². The summed E-state index contributed by atoms with van der Waals surface area (Å²) in [5, 5.41) is 14.1. The molecule has 0 aliphatic carbocycles. The zero-order valence-corrected chi connectivity index (χ0v) is 11.7. The first-order valence-corrected chi connectivity index (χ1v) is 6.44. The number of amides is 2. The van der Waals surface area contributed by atoms with Crippen LogP contribution in [-0.2, 0) is 9.53 Å². The SMILES string of the molecule is C=C(C)COCCNC(=O)NCC(CCC)C(=O)O. The highest BCUT2D eigenvalue weighted by molar-refractivity contribution is 5.75. The average molecular weight is 272 g/mol. The van der Waals surface area contributed by atoms with Crippen molar-refractivity contribution in [2.75, 3.05) is 26.3 Å². The van der Waals surface area contributed by atoms with Crippen LogP contribution in [0.1, 0.15) is 26.7 Å². The highest BCUT2D eigenvalue weighted by atomic mass is 16.5. The Morgan fingerprint density at radius 2 is 2.05 bits per heavy atom. The van der Waals surface area contributed by atoms with E-state index < -0.39 is 11.9 Å². The third-order valence-corrected chi connectivity index (χ3v) is 2.38. The molecule has 0 aliphatic rings. The van der Waals surface area contributed by atoms with E-state index in [1.165, 1.54) is 0 Å². The number of hydrogen-bond acceptors (Lipinski definition) is 3. The molecule has 1 atom stereocenters. The first kappa shape index (κ1) is 17.4. The van der Waals surface area contributed by atoms with Crippen molar-refractivity contribution in [1.29, 1.82) is 0 Å². The molecule has 6 heteroatoms. The summed E-state index contributed by atoms with van der Waals surface area (Å²) in [5.74, 6) is -1.41. The fourth-order valence-electron chi connectivity index (χ4n) is 1.42. The second-order valence-corrected chi connectivity index (χ2v) is 4.47. The Morgan fingerprint density at radius 1 is 1.37 bits per heavy atom. The predicted molar refractivity (Wildman–Crippen MR) is 73.1 cm³/mol. The maximum absolute atomic E-state index is 11.4. The molecular weight excluding hydrogens is 248 g/mol. The van der Waals surface area contributed by atoms with Crippen LogP contribution in [0.15, 0.2) is 12.2 Å². The highest BCUT2D eigenvalue weighted by Crippen LogP contribution is 2.04. The first-order valence-electron chi connectivity index (χ1n) is 6.44. The van der Waals surface area contributed by atoms with Gasteiger partial charge < -0.3 is 20.5 Å². The number of carbonyl (C=O) groups excluding carboxylic acids is 1. The Labute approximate surface area is 114 Å². The van der Waals surface area contributed by atoms with Gasteiger partial charge in [0.15, 0.2) is 0 Å². The third-order valence-electron chi connectivity index (χ3n) is 2.38. The molecule has 0 aromatic rings. The Morgan fingerprint density at radius 3 is 2.58 bits per heavy atom. The zero-order valence-electron chi connectivity index (χ0n) is 11.7. The van der Waals surface area contributed by atoms with Crippen molar-refractivity contribution in [2.45, 2.75) is 26.7 Å². The lowest BCUT2D eigenvalue weighted by molar-refractivity contribution is -0.141. The number of carboxylic acids is 1. The number of rotatable bonds is 10. The van der Waals surface area contributed by atoms with E-state index in [4.69, 9.17) is 9.84 Å². The smallest absolute Gasteiger partial charge is 0.314 e. The lowest BCUT2D eigenvalue weighted by atomic mass is 10.0. The summed E-state index contributed by atoms with van der Waals surface area (Å²) in [6.45, 7) is 8.86. The van der Waals surface area contributed by atoms with Crippen LogP contribution in [0.4, 0.5) is 4.79 Å². The standard InChI is InChI=1S/C13H24N2O4/c1-4-5-11(12(16)17)8-15-13(18)14-6-7-19-9-10(2)3/h11H,2,4-9H2,1,3H3,(H,16,17)(H2,14,15,18). The minimum absolute atomic E-state index is 0.141. The molecule has 0 bridgehead atoms. The van der Waals surface area contributed by atoms with Crippen LogP contribution in [0.25, 0.3) is 0 Å². The van der Waals surface area contributed by atoms with E-state index >= 15 is 0 Å². The summed E-state index contributed by atoms with van der Waals surface area (Å²) in [4.78, 5) is 22.2. The molecule has 2 amide bonds. The third kappa shape index (κ3) is 10.1. The maximum atomic E-state index is 11.4. The number of ether oxygens (including phenoxy) is 1. The molecule has 0 radical (unpaired) electrons. The molecule has 0 aliphatic heterocycles. The molecule has 0 aromatic carbocycles. The Kier molecular flexibility index (Phi) is 9.52. The van der Waals surface area contributed by atoms with Crippen LogP contribution in [-0.4, -0.2) is 43.4 Å². The van der Waals surface area contributed by atoms with Crippen LogP contribution >= 0.6 is 0 Å². The largest absolute Gasteiger partial charge is 0.481 e. The van der Waals surface area contributed by atoms with E-state index in [1.54, 1.807) is 0 Å². The van der Waals surface area contributed by atoms with E-state index in [0.717, 1.165) is 12.0 Å². The number of carbonyl (C=O) groups is 2. The van der Waals surface area contributed by atoms with Gasteiger partial charge in [-0.1, -0.05) is 25.5 Å². The molecular formula is C13H24N2O4. The summed E-state index contributed by atoms with van der Waals surface area (Å²) in [6.07, 6.45) is 1.33. The van der Waals surface area contributed by atoms with Gasteiger partial charge in [0.05, 0.1) is 19.1 Å². The van der Waals surface area contributed by atoms with Crippen molar-refractivity contribution < 1.29 is 19.4 Å². The van der Waals surface area contributed by atoms with E-state index in [1.807, 2.05) is 13.8 Å². The van der Waals surface area contributed by atoms with Gasteiger partial charge in [-0.25, -0.2) is 4.79 Å². The Balaban J connectivity index is 3.68. The highest BCUT2D eigenvalue weighted by Gasteiger charge is 2.16. The van der Waals surface area contributed by atoms with Gasteiger partial charge in [-0.05, 0) is 13.3 Å². The number of urea groups is 1. The van der Waals surface area contributed by atoms with Crippen molar-refractivity contribution in [3.8, 4) is 0 Å². The van der Waals surface area contributed by atoms with Crippen molar-refractivity contribution in [3.63, 3.8) is 0 Å². The normalized spacial score (nSPS) is 11.7. The quantitative estimate of drug-likeness (QED) is 0.414. The molecule has 0 saturated carbocycles. The van der Waals surface area contributed by atoms with Gasteiger partial charge in [0.2, 0.25) is 0 Å². The predicted octanol–water partition coefficient (Wildman–Crippen LogP) is 1.38. The van der Waals surface area contributed by atoms with Gasteiger partial charge in [0.1, 0.15) is 0 Å². The second kappa shape index (κ2) is 10.4. The Bertz CT molecular complexity index is 305. The van der Waals surface area contributed by atoms with E-state index in [-0.39, 0.29) is 12.6 Å². The molecule has 19 heavy (non-hydrogen) atoms. The second-order valence-electron chi connectivity index (χ2n) is 4.47. The fraction of sp³-hybridized carbons (Fsp3) is 0.692. The van der Waals surface area contributed by atoms with Gasteiger partial charge in [-0.2, -0.15) is 0 Å². The number of carboxylic acid groups (broad SMARTS) is 1. The van der Waals surface area contributed by atoms with Crippen LogP contribution in [0.5, 0.6) is 0 Å². The first-order chi connectivity index (χ1) is 8.97. The zero-order chi connectivity index (χ0) is 14.7. The fourth-order valence-corrected chi connectivity index (χ4v) is 1.42. The van der Waals surface area contributed by atoms with E-state index in [9.17, 15) is 9.59 Å². The maximum Gasteiger partial charge on any atom is 0.314 e. The molecule has 0 aromatic heterocycles. The monoisotopic (exact) mass is 272 g/mol. The average Bonchev–Trinajstić information content (AvgIpc) is 2.33.